The molecule has 0 aliphatic rings. The standard InChI is InChI=1S/C7H4BrIO3/c8-4-1-2-6(9-12)5(3-4)7(10)11/h1-3,12H/p+1. The molecule has 0 saturated heterocycles. The number of aromatic carboxylic acids is 1. The van der Waals surface area contributed by atoms with Crippen LogP contribution >= 0.6 is 15.9 Å². The fourth-order valence-electron chi connectivity index (χ4n) is 0.735. The lowest BCUT2D eigenvalue weighted by molar-refractivity contribution is -0.866. The lowest BCUT2D eigenvalue weighted by Crippen LogP contribution is -3.61. The van der Waals surface area contributed by atoms with Crippen molar-refractivity contribution in [1.29, 1.82) is 0 Å². The molecule has 0 saturated carbocycles. The Morgan fingerprint density at radius 2 is 2.17 bits per heavy atom. The van der Waals surface area contributed by atoms with Gasteiger partial charge < -0.3 is 5.11 Å². The van der Waals surface area contributed by atoms with Crippen molar-refractivity contribution < 1.29 is 35.0 Å². The molecule has 0 aliphatic carbocycles. The molecule has 0 aliphatic heterocycles. The third kappa shape index (κ3) is 2.18. The van der Waals surface area contributed by atoms with E-state index in [1.807, 2.05) is 0 Å². The molecular formula is C7H5BrIO3+. The number of rotatable bonds is 2. The van der Waals surface area contributed by atoms with Crippen LogP contribution in [0.15, 0.2) is 22.7 Å². The highest BCUT2D eigenvalue weighted by molar-refractivity contribution is 9.10. The molecule has 2 N–H and O–H groups in total. The van der Waals surface area contributed by atoms with Gasteiger partial charge in [-0.15, -0.1) is 0 Å². The van der Waals surface area contributed by atoms with Gasteiger partial charge in [-0.2, -0.15) is 3.44 Å². The maximum absolute atomic E-state index is 10.6. The monoisotopic (exact) mass is 343 g/mol. The van der Waals surface area contributed by atoms with Crippen LogP contribution in [0.1, 0.15) is 10.4 Å². The summed E-state index contributed by atoms with van der Waals surface area (Å²) in [5, 5.41) is 8.71. The summed E-state index contributed by atoms with van der Waals surface area (Å²) in [7, 11) is 0. The average molecular weight is 344 g/mol. The molecule has 3 nitrogen and oxygen atoms in total. The van der Waals surface area contributed by atoms with Crippen molar-refractivity contribution in [3.63, 3.8) is 0 Å². The van der Waals surface area contributed by atoms with Gasteiger partial charge in [0.15, 0.2) is 0 Å². The minimum atomic E-state index is -1.16. The zero-order chi connectivity index (χ0) is 9.14. The Morgan fingerprint density at radius 3 is 2.67 bits per heavy atom. The van der Waals surface area contributed by atoms with Crippen LogP contribution in [0.25, 0.3) is 0 Å². The van der Waals surface area contributed by atoms with Crippen molar-refractivity contribution in [2.24, 2.45) is 0 Å². The summed E-state index contributed by atoms with van der Waals surface area (Å²) in [6, 6.07) is 4.84. The zero-order valence-electron chi connectivity index (χ0n) is 5.79. The largest absolute Gasteiger partial charge is 0.520 e. The summed E-state index contributed by atoms with van der Waals surface area (Å²) in [5.41, 5.74) is 0.180. The fourth-order valence-corrected chi connectivity index (χ4v) is 2.08. The molecular weight excluding hydrogens is 339 g/mol. The van der Waals surface area contributed by atoms with Crippen LogP contribution in [0.5, 0.6) is 0 Å². The fraction of sp³-hybridized carbons (Fsp3) is 0. The molecule has 1 aromatic rings. The van der Waals surface area contributed by atoms with Crippen molar-refractivity contribution in [1.82, 2.24) is 0 Å². The molecule has 64 valence electrons. The SMILES string of the molecule is O=C(O)c1cc(Br)ccc1[I+]O. The number of carbonyl (C=O) groups is 1. The third-order valence-electron chi connectivity index (χ3n) is 1.25. The van der Waals surface area contributed by atoms with Gasteiger partial charge in [-0.25, -0.2) is 4.79 Å². The van der Waals surface area contributed by atoms with Gasteiger partial charge in [0.2, 0.25) is 3.57 Å². The van der Waals surface area contributed by atoms with Gasteiger partial charge in [0, 0.05) is 4.47 Å². The normalized spacial score (nSPS) is 9.83. The topological polar surface area (TPSA) is 57.5 Å². The Hall–Kier alpha value is -0.140. The summed E-state index contributed by atoms with van der Waals surface area (Å²) in [6.07, 6.45) is 0. The summed E-state index contributed by atoms with van der Waals surface area (Å²) in [4.78, 5) is 10.6. The first-order valence-corrected chi connectivity index (χ1v) is 5.80. The van der Waals surface area contributed by atoms with Crippen LogP contribution in [0.4, 0.5) is 0 Å². The third-order valence-corrected chi connectivity index (χ3v) is 3.20. The summed E-state index contributed by atoms with van der Waals surface area (Å²) in [6.45, 7) is 0. The van der Waals surface area contributed by atoms with E-state index in [2.05, 4.69) is 15.9 Å². The van der Waals surface area contributed by atoms with Crippen molar-refractivity contribution in [3.05, 3.63) is 31.8 Å². The second-order valence-corrected chi connectivity index (χ2v) is 4.57. The van der Waals surface area contributed by atoms with E-state index in [1.165, 1.54) is 6.07 Å². The lowest BCUT2D eigenvalue weighted by atomic mass is 10.2. The number of hydrogen-bond acceptors (Lipinski definition) is 2. The second-order valence-electron chi connectivity index (χ2n) is 2.01. The Morgan fingerprint density at radius 1 is 1.50 bits per heavy atom. The first-order chi connectivity index (χ1) is 5.65. The molecule has 0 radical (unpaired) electrons. The summed E-state index contributed by atoms with van der Waals surface area (Å²) < 4.78 is 10.1. The van der Waals surface area contributed by atoms with Crippen LogP contribution in [0, 0.1) is 3.57 Å². The van der Waals surface area contributed by atoms with E-state index in [0.29, 0.717) is 8.04 Å². The number of carboxylic acids is 1. The van der Waals surface area contributed by atoms with Gasteiger partial charge in [0.25, 0.3) is 0 Å². The van der Waals surface area contributed by atoms with E-state index in [-0.39, 0.29) is 5.56 Å². The molecule has 0 heterocycles. The predicted molar refractivity (Wildman–Crippen MR) is 42.0 cm³/mol. The van der Waals surface area contributed by atoms with Crippen LogP contribution < -0.4 is 21.6 Å². The molecule has 0 unspecified atom stereocenters. The zero-order valence-corrected chi connectivity index (χ0v) is 9.53. The molecule has 0 spiro atoms. The van der Waals surface area contributed by atoms with Gasteiger partial charge in [-0.05, 0) is 18.2 Å². The summed E-state index contributed by atoms with van der Waals surface area (Å²) >= 11 is 2.00. The van der Waals surface area contributed by atoms with E-state index < -0.39 is 27.6 Å². The first-order valence-electron chi connectivity index (χ1n) is 2.96. The maximum Gasteiger partial charge on any atom is 0.520 e. The van der Waals surface area contributed by atoms with Gasteiger partial charge in [0.05, 0.1) is 0 Å². The Bertz CT molecular complexity index is 314. The first kappa shape index (κ1) is 9.94. The molecule has 0 fully saturated rings. The molecule has 1 rings (SSSR count). The van der Waals surface area contributed by atoms with Crippen molar-refractivity contribution in [3.8, 4) is 0 Å². The second kappa shape index (κ2) is 4.20. The van der Waals surface area contributed by atoms with Crippen LogP contribution in [-0.2, 0) is 0 Å². The van der Waals surface area contributed by atoms with Gasteiger partial charge in [-0.1, -0.05) is 15.9 Å². The van der Waals surface area contributed by atoms with E-state index >= 15 is 0 Å². The van der Waals surface area contributed by atoms with Crippen LogP contribution in [0.3, 0.4) is 0 Å². The van der Waals surface area contributed by atoms with Gasteiger partial charge in [0.1, 0.15) is 5.56 Å². The lowest BCUT2D eigenvalue weighted by Gasteiger charge is -1.93. The average Bonchev–Trinajstić information content (AvgIpc) is 2.04. The van der Waals surface area contributed by atoms with Crippen molar-refractivity contribution in [2.45, 2.75) is 0 Å². The highest BCUT2D eigenvalue weighted by Crippen LogP contribution is 2.11. The van der Waals surface area contributed by atoms with Crippen LogP contribution in [-0.4, -0.2) is 14.5 Å². The quantitative estimate of drug-likeness (QED) is 0.630. The number of hydrogen-bond donors (Lipinski definition) is 2. The smallest absolute Gasteiger partial charge is 0.478 e. The van der Waals surface area contributed by atoms with Gasteiger partial charge in [-0.3, -0.25) is 0 Å². The summed E-state index contributed by atoms with van der Waals surface area (Å²) in [5.74, 6) is -1.000. The molecule has 12 heavy (non-hydrogen) atoms. The van der Waals surface area contributed by atoms with Crippen molar-refractivity contribution in [2.75, 3.05) is 0 Å². The Balaban J connectivity index is 3.21. The minimum absolute atomic E-state index is 0.180. The molecule has 0 atom stereocenters. The van der Waals surface area contributed by atoms with Crippen LogP contribution in [0.2, 0.25) is 0 Å². The predicted octanol–water partition coefficient (Wildman–Crippen LogP) is -1.69. The highest BCUT2D eigenvalue weighted by Gasteiger charge is 2.20. The number of carboxylic acid groups (broad SMARTS) is 1. The number of benzene rings is 1. The van der Waals surface area contributed by atoms with E-state index in [1.54, 1.807) is 12.1 Å². The van der Waals surface area contributed by atoms with E-state index in [0.717, 1.165) is 0 Å². The minimum Gasteiger partial charge on any atom is -0.478 e. The maximum atomic E-state index is 10.6. The van der Waals surface area contributed by atoms with Gasteiger partial charge >= 0.3 is 27.6 Å². The molecule has 0 aromatic heterocycles. The van der Waals surface area contributed by atoms with E-state index in [9.17, 15) is 4.79 Å². The van der Waals surface area contributed by atoms with E-state index in [4.69, 9.17) is 8.54 Å². The highest BCUT2D eigenvalue weighted by atomic mass is 127. The molecule has 1 aromatic carbocycles. The molecule has 5 heteroatoms. The molecule has 0 amide bonds. The Kier molecular flexibility index (Phi) is 3.48. The van der Waals surface area contributed by atoms with Crippen molar-refractivity contribution >= 4 is 21.9 Å². The molecule has 0 bridgehead atoms. The Labute approximate surface area is 88.4 Å². The number of halogens is 2.